The minimum atomic E-state index is 0. The van der Waals surface area contributed by atoms with Crippen LogP contribution in [0.15, 0.2) is 36.9 Å². The Morgan fingerprint density at radius 1 is 1.19 bits per heavy atom. The number of imidazole rings is 1. The van der Waals surface area contributed by atoms with Crippen LogP contribution in [0, 0.1) is 0 Å². The summed E-state index contributed by atoms with van der Waals surface area (Å²) in [6, 6.07) is 7.95. The Labute approximate surface area is 128 Å². The summed E-state index contributed by atoms with van der Waals surface area (Å²) in [5.41, 5.74) is 2.75. The molecule has 0 aliphatic carbocycles. The topological polar surface area (TPSA) is 69.4 Å². The Hall–Kier alpha value is -2.18. The quantitative estimate of drug-likeness (QED) is 0.589. The van der Waals surface area contributed by atoms with E-state index < -0.39 is 0 Å². The van der Waals surface area contributed by atoms with Gasteiger partial charge >= 0.3 is 0 Å². The van der Waals surface area contributed by atoms with Crippen LogP contribution in [-0.2, 0) is 6.54 Å². The molecule has 3 aromatic rings. The van der Waals surface area contributed by atoms with Gasteiger partial charge in [0.2, 0.25) is 0 Å². The lowest BCUT2D eigenvalue weighted by Gasteiger charge is -2.08. The summed E-state index contributed by atoms with van der Waals surface area (Å²) >= 11 is 0. The van der Waals surface area contributed by atoms with Crippen molar-refractivity contribution >= 4 is 17.0 Å². The molecule has 0 bridgehead atoms. The highest BCUT2D eigenvalue weighted by Crippen LogP contribution is 2.21. The van der Waals surface area contributed by atoms with Crippen molar-refractivity contribution in [1.82, 2.24) is 19.5 Å². The van der Waals surface area contributed by atoms with Crippen molar-refractivity contribution < 1.29 is 22.5 Å². The summed E-state index contributed by atoms with van der Waals surface area (Å²) in [6.07, 6.45) is 3.36. The molecule has 0 aliphatic rings. The minimum absolute atomic E-state index is 0. The molecule has 6 nitrogen and oxygen atoms in total. The van der Waals surface area contributed by atoms with E-state index in [1.807, 2.05) is 41.2 Å². The first kappa shape index (κ1) is 15.2. The molecule has 2 N–H and O–H groups in total. The monoisotopic (exact) mass is 305 g/mol. The van der Waals surface area contributed by atoms with E-state index in [-0.39, 0.29) is 12.4 Å². The van der Waals surface area contributed by atoms with E-state index in [4.69, 9.17) is 4.74 Å². The zero-order valence-electron chi connectivity index (χ0n) is 11.8. The SMILES string of the molecule is C[NH2+]c1ncnc2c1ncn2Cc1ccccc1OC.[Cl-]. The van der Waals surface area contributed by atoms with Gasteiger partial charge in [0.15, 0.2) is 11.2 Å². The number of benzene rings is 1. The molecule has 0 atom stereocenters. The lowest BCUT2D eigenvalue weighted by Crippen LogP contribution is -3.00. The molecule has 7 heteroatoms. The van der Waals surface area contributed by atoms with E-state index in [9.17, 15) is 0 Å². The normalized spacial score (nSPS) is 10.4. The molecule has 0 aliphatic heterocycles. The molecular weight excluding hydrogens is 290 g/mol. The zero-order chi connectivity index (χ0) is 13.9. The molecule has 2 heterocycles. The number of hydrogen-bond donors (Lipinski definition) is 1. The number of halogens is 1. The van der Waals surface area contributed by atoms with Crippen LogP contribution >= 0.6 is 0 Å². The number of methoxy groups -OCH3 is 1. The van der Waals surface area contributed by atoms with Gasteiger partial charge in [-0.2, -0.15) is 4.98 Å². The number of quaternary nitrogens is 1. The van der Waals surface area contributed by atoms with Crippen molar-refractivity contribution in [3.8, 4) is 5.75 Å². The van der Waals surface area contributed by atoms with Gasteiger partial charge < -0.3 is 21.7 Å². The summed E-state index contributed by atoms with van der Waals surface area (Å²) < 4.78 is 7.38. The number of aromatic nitrogens is 4. The number of fused-ring (bicyclic) bond motifs is 1. The van der Waals surface area contributed by atoms with Crippen LogP contribution in [0.3, 0.4) is 0 Å². The Morgan fingerprint density at radius 2 is 2.00 bits per heavy atom. The second-order valence-electron chi connectivity index (χ2n) is 4.40. The number of rotatable bonds is 4. The van der Waals surface area contributed by atoms with Gasteiger partial charge in [0.25, 0.3) is 5.82 Å². The fourth-order valence-corrected chi connectivity index (χ4v) is 2.24. The second kappa shape index (κ2) is 6.51. The van der Waals surface area contributed by atoms with Gasteiger partial charge in [-0.3, -0.25) is 5.32 Å². The van der Waals surface area contributed by atoms with Crippen molar-refractivity contribution in [2.75, 3.05) is 14.2 Å². The average Bonchev–Trinajstić information content (AvgIpc) is 2.91. The van der Waals surface area contributed by atoms with Crippen LogP contribution in [0.1, 0.15) is 5.56 Å². The first-order chi connectivity index (χ1) is 9.83. The van der Waals surface area contributed by atoms with Crippen molar-refractivity contribution in [1.29, 1.82) is 0 Å². The summed E-state index contributed by atoms with van der Waals surface area (Å²) in [5, 5.41) is 1.93. The molecule has 110 valence electrons. The first-order valence-corrected chi connectivity index (χ1v) is 6.40. The smallest absolute Gasteiger partial charge is 0.255 e. The molecule has 0 spiro atoms. The van der Waals surface area contributed by atoms with Gasteiger partial charge in [-0.05, 0) is 6.07 Å². The Kier molecular flexibility index (Phi) is 4.72. The van der Waals surface area contributed by atoms with Gasteiger partial charge in [-0.1, -0.05) is 18.2 Å². The number of ether oxygens (including phenoxy) is 1. The fourth-order valence-electron chi connectivity index (χ4n) is 2.24. The molecule has 2 aromatic heterocycles. The number of nitrogens with two attached hydrogens (primary N) is 1. The van der Waals surface area contributed by atoms with Crippen LogP contribution < -0.4 is 22.5 Å². The molecule has 3 rings (SSSR count). The fraction of sp³-hybridized carbons (Fsp3) is 0.214. The maximum Gasteiger partial charge on any atom is 0.255 e. The average molecular weight is 306 g/mol. The largest absolute Gasteiger partial charge is 1.00 e. The highest BCUT2D eigenvalue weighted by Gasteiger charge is 2.12. The molecule has 1 aromatic carbocycles. The van der Waals surface area contributed by atoms with Gasteiger partial charge in [0, 0.05) is 5.56 Å². The predicted molar refractivity (Wildman–Crippen MR) is 74.9 cm³/mol. The highest BCUT2D eigenvalue weighted by molar-refractivity contribution is 5.78. The van der Waals surface area contributed by atoms with Gasteiger partial charge in [0.1, 0.15) is 12.1 Å². The van der Waals surface area contributed by atoms with E-state index in [2.05, 4.69) is 15.0 Å². The van der Waals surface area contributed by atoms with Gasteiger partial charge in [-0.25, -0.2) is 9.97 Å². The molecule has 0 unspecified atom stereocenters. The third-order valence-electron chi connectivity index (χ3n) is 3.24. The van der Waals surface area contributed by atoms with E-state index in [1.54, 1.807) is 19.8 Å². The number of nitrogens with zero attached hydrogens (tertiary/aromatic N) is 4. The summed E-state index contributed by atoms with van der Waals surface area (Å²) in [4.78, 5) is 12.9. The Balaban J connectivity index is 0.00000161. The van der Waals surface area contributed by atoms with E-state index in [0.29, 0.717) is 6.54 Å². The molecule has 21 heavy (non-hydrogen) atoms. The maximum absolute atomic E-state index is 5.38. The minimum Gasteiger partial charge on any atom is -1.00 e. The van der Waals surface area contributed by atoms with Gasteiger partial charge in [-0.15, -0.1) is 0 Å². The van der Waals surface area contributed by atoms with E-state index >= 15 is 0 Å². The molecule has 0 saturated heterocycles. The first-order valence-electron chi connectivity index (χ1n) is 6.40. The van der Waals surface area contributed by atoms with E-state index in [0.717, 1.165) is 28.3 Å². The van der Waals surface area contributed by atoms with Crippen LogP contribution in [0.2, 0.25) is 0 Å². The third-order valence-corrected chi connectivity index (χ3v) is 3.24. The maximum atomic E-state index is 5.38. The summed E-state index contributed by atoms with van der Waals surface area (Å²) in [6.45, 7) is 0.667. The molecule has 0 fully saturated rings. The van der Waals surface area contributed by atoms with Crippen LogP contribution in [0.4, 0.5) is 5.82 Å². The Bertz CT molecular complexity index is 743. The molecule has 0 saturated carbocycles. The van der Waals surface area contributed by atoms with Crippen LogP contribution in [0.5, 0.6) is 5.75 Å². The standard InChI is InChI=1S/C14H15N5O.ClH/c1-15-13-12-14(17-8-16-13)19(9-18-12)7-10-5-3-4-6-11(10)20-2;/h3-6,8-9H,7H2,1-2H3,(H,15,16,17);1H. The van der Waals surface area contributed by atoms with Gasteiger partial charge in [0.05, 0.1) is 27.0 Å². The Morgan fingerprint density at radius 3 is 2.76 bits per heavy atom. The van der Waals surface area contributed by atoms with Crippen molar-refractivity contribution in [3.63, 3.8) is 0 Å². The van der Waals surface area contributed by atoms with Crippen molar-refractivity contribution in [2.45, 2.75) is 6.54 Å². The van der Waals surface area contributed by atoms with Crippen LogP contribution in [0.25, 0.3) is 11.2 Å². The second-order valence-corrected chi connectivity index (χ2v) is 4.40. The number of hydrogen-bond acceptors (Lipinski definition) is 4. The third kappa shape index (κ3) is 2.81. The lowest BCUT2D eigenvalue weighted by molar-refractivity contribution is -0.541. The van der Waals surface area contributed by atoms with Crippen LogP contribution in [-0.4, -0.2) is 33.7 Å². The van der Waals surface area contributed by atoms with Crippen molar-refractivity contribution in [3.05, 3.63) is 42.5 Å². The lowest BCUT2D eigenvalue weighted by atomic mass is 10.2. The summed E-state index contributed by atoms with van der Waals surface area (Å²) in [5.74, 6) is 1.72. The molecule has 0 radical (unpaired) electrons. The molecule has 0 amide bonds. The highest BCUT2D eigenvalue weighted by atomic mass is 35.5. The zero-order valence-corrected chi connectivity index (χ0v) is 12.6. The molecular formula is C14H16ClN5O. The number of para-hydroxylation sites is 1. The van der Waals surface area contributed by atoms with E-state index in [1.165, 1.54) is 0 Å². The summed E-state index contributed by atoms with van der Waals surface area (Å²) in [7, 11) is 3.62. The predicted octanol–water partition coefficient (Wildman–Crippen LogP) is -2.29. The van der Waals surface area contributed by atoms with Crippen molar-refractivity contribution in [2.24, 2.45) is 0 Å².